The topological polar surface area (TPSA) is 55.4 Å². The molecule has 0 fully saturated rings. The average Bonchev–Trinajstić information content (AvgIpc) is 2.62. The van der Waals surface area contributed by atoms with Crippen molar-refractivity contribution in [2.24, 2.45) is 0 Å². The van der Waals surface area contributed by atoms with Crippen molar-refractivity contribution in [3.05, 3.63) is 71.3 Å². The van der Waals surface area contributed by atoms with E-state index in [9.17, 15) is 9.59 Å². The minimum absolute atomic E-state index is 0.288. The second-order valence-electron chi connectivity index (χ2n) is 5.62. The van der Waals surface area contributed by atoms with Gasteiger partial charge in [-0.25, -0.2) is 4.79 Å². The van der Waals surface area contributed by atoms with Gasteiger partial charge in [-0.3, -0.25) is 4.79 Å². The van der Waals surface area contributed by atoms with Gasteiger partial charge >= 0.3 is 5.97 Å². The molecule has 2 aromatic carbocycles. The first-order valence-corrected chi connectivity index (χ1v) is 8.21. The maximum absolute atomic E-state index is 12.1. The monoisotopic (exact) mass is 325 g/mol. The summed E-state index contributed by atoms with van der Waals surface area (Å²) in [6.45, 7) is 4.14. The van der Waals surface area contributed by atoms with Crippen molar-refractivity contribution in [1.29, 1.82) is 0 Å². The molecule has 24 heavy (non-hydrogen) atoms. The van der Waals surface area contributed by atoms with Crippen molar-refractivity contribution in [2.75, 3.05) is 6.54 Å². The van der Waals surface area contributed by atoms with E-state index in [2.05, 4.69) is 12.2 Å². The highest BCUT2D eigenvalue weighted by atomic mass is 16.5. The van der Waals surface area contributed by atoms with Crippen molar-refractivity contribution in [2.45, 2.75) is 32.8 Å². The van der Waals surface area contributed by atoms with Gasteiger partial charge in [0.1, 0.15) is 0 Å². The molecule has 2 rings (SSSR count). The molecule has 1 atom stereocenters. The quantitative estimate of drug-likeness (QED) is 0.796. The van der Waals surface area contributed by atoms with Crippen molar-refractivity contribution in [3.8, 4) is 0 Å². The summed E-state index contributed by atoms with van der Waals surface area (Å²) in [7, 11) is 0. The van der Waals surface area contributed by atoms with E-state index in [1.54, 1.807) is 19.1 Å². The third kappa shape index (κ3) is 5.23. The lowest BCUT2D eigenvalue weighted by Crippen LogP contribution is -2.36. The molecule has 0 spiro atoms. The molecule has 4 nitrogen and oxygen atoms in total. The predicted molar refractivity (Wildman–Crippen MR) is 93.9 cm³/mol. The summed E-state index contributed by atoms with van der Waals surface area (Å²) in [4.78, 5) is 24.1. The van der Waals surface area contributed by atoms with Crippen LogP contribution < -0.4 is 5.32 Å². The van der Waals surface area contributed by atoms with Crippen LogP contribution in [0.1, 0.15) is 35.3 Å². The fourth-order valence-corrected chi connectivity index (χ4v) is 2.28. The number of nitrogens with one attached hydrogen (secondary N) is 1. The highest BCUT2D eigenvalue weighted by Crippen LogP contribution is 2.08. The zero-order valence-electron chi connectivity index (χ0n) is 14.1. The molecule has 0 aliphatic heterocycles. The van der Waals surface area contributed by atoms with Crippen LogP contribution in [0, 0.1) is 0 Å². The van der Waals surface area contributed by atoms with Gasteiger partial charge in [0.2, 0.25) is 0 Å². The minimum Gasteiger partial charge on any atom is -0.449 e. The van der Waals surface area contributed by atoms with E-state index in [-0.39, 0.29) is 5.91 Å². The predicted octanol–water partition coefficient (Wildman–Crippen LogP) is 3.15. The summed E-state index contributed by atoms with van der Waals surface area (Å²) in [5, 5.41) is 2.79. The SMILES string of the molecule is CCc1ccc(C(=O)O[C@H](C)C(=O)NCCc2ccccc2)cc1. The zero-order valence-corrected chi connectivity index (χ0v) is 14.1. The first-order valence-electron chi connectivity index (χ1n) is 8.21. The number of carbonyl (C=O) groups excluding carboxylic acids is 2. The fourth-order valence-electron chi connectivity index (χ4n) is 2.28. The molecular weight excluding hydrogens is 302 g/mol. The molecule has 0 saturated heterocycles. The van der Waals surface area contributed by atoms with Gasteiger partial charge < -0.3 is 10.1 Å². The van der Waals surface area contributed by atoms with Crippen molar-refractivity contribution in [3.63, 3.8) is 0 Å². The first-order chi connectivity index (χ1) is 11.6. The fraction of sp³-hybridized carbons (Fsp3) is 0.300. The van der Waals surface area contributed by atoms with Gasteiger partial charge in [0, 0.05) is 6.54 Å². The maximum Gasteiger partial charge on any atom is 0.338 e. The Bertz CT molecular complexity index is 665. The molecule has 126 valence electrons. The molecule has 2 aromatic rings. The lowest BCUT2D eigenvalue weighted by Gasteiger charge is -2.13. The Morgan fingerprint density at radius 2 is 1.67 bits per heavy atom. The number of hydrogen-bond donors (Lipinski definition) is 1. The normalized spacial score (nSPS) is 11.6. The third-order valence-corrected chi connectivity index (χ3v) is 3.81. The molecule has 0 heterocycles. The summed E-state index contributed by atoms with van der Waals surface area (Å²) >= 11 is 0. The number of ether oxygens (including phenoxy) is 1. The van der Waals surface area contributed by atoms with Gasteiger partial charge in [0.05, 0.1) is 5.56 Å². The van der Waals surface area contributed by atoms with Crippen molar-refractivity contribution in [1.82, 2.24) is 5.32 Å². The van der Waals surface area contributed by atoms with E-state index in [1.165, 1.54) is 0 Å². The molecule has 1 amide bonds. The molecule has 0 saturated carbocycles. The first kappa shape index (κ1) is 17.7. The summed E-state index contributed by atoms with van der Waals surface area (Å²) in [6.07, 6.45) is 0.834. The largest absolute Gasteiger partial charge is 0.449 e. The average molecular weight is 325 g/mol. The van der Waals surface area contributed by atoms with Crippen LogP contribution in [0.3, 0.4) is 0 Å². The van der Waals surface area contributed by atoms with Crippen molar-refractivity contribution < 1.29 is 14.3 Å². The lowest BCUT2D eigenvalue weighted by atomic mass is 10.1. The van der Waals surface area contributed by atoms with E-state index in [0.717, 1.165) is 24.0 Å². The van der Waals surface area contributed by atoms with Gasteiger partial charge in [0.25, 0.3) is 5.91 Å². The second kappa shape index (κ2) is 8.87. The molecule has 0 radical (unpaired) electrons. The smallest absolute Gasteiger partial charge is 0.338 e. The number of carbonyl (C=O) groups is 2. The number of benzene rings is 2. The van der Waals surface area contributed by atoms with Crippen LogP contribution in [0.2, 0.25) is 0 Å². The van der Waals surface area contributed by atoms with E-state index in [0.29, 0.717) is 12.1 Å². The van der Waals surface area contributed by atoms with Gasteiger partial charge in [-0.1, -0.05) is 49.4 Å². The van der Waals surface area contributed by atoms with Crippen LogP contribution in [0.4, 0.5) is 0 Å². The number of aryl methyl sites for hydroxylation is 1. The van der Waals surface area contributed by atoms with Crippen LogP contribution >= 0.6 is 0 Å². The molecule has 0 aliphatic rings. The molecule has 0 aliphatic carbocycles. The molecule has 4 heteroatoms. The van der Waals surface area contributed by atoms with Gasteiger partial charge in [-0.2, -0.15) is 0 Å². The molecule has 0 unspecified atom stereocenters. The van der Waals surface area contributed by atoms with Gasteiger partial charge in [-0.05, 0) is 43.0 Å². The Morgan fingerprint density at radius 3 is 2.29 bits per heavy atom. The molecular formula is C20H23NO3. The number of esters is 1. The Labute approximate surface area is 142 Å². The van der Waals surface area contributed by atoms with Crippen LogP contribution in [-0.4, -0.2) is 24.5 Å². The second-order valence-corrected chi connectivity index (χ2v) is 5.62. The number of rotatable bonds is 7. The van der Waals surface area contributed by atoms with Crippen LogP contribution in [0.5, 0.6) is 0 Å². The minimum atomic E-state index is -0.820. The van der Waals surface area contributed by atoms with Crippen LogP contribution in [-0.2, 0) is 22.4 Å². The molecule has 1 N–H and O–H groups in total. The maximum atomic E-state index is 12.1. The van der Waals surface area contributed by atoms with Gasteiger partial charge in [0.15, 0.2) is 6.10 Å². The highest BCUT2D eigenvalue weighted by molar-refractivity contribution is 5.92. The van der Waals surface area contributed by atoms with E-state index >= 15 is 0 Å². The molecule has 0 bridgehead atoms. The van der Waals surface area contributed by atoms with Gasteiger partial charge in [-0.15, -0.1) is 0 Å². The highest BCUT2D eigenvalue weighted by Gasteiger charge is 2.18. The van der Waals surface area contributed by atoms with E-state index < -0.39 is 12.1 Å². The molecule has 0 aromatic heterocycles. The standard InChI is InChI=1S/C20H23NO3/c1-3-16-9-11-18(12-10-16)20(23)24-15(2)19(22)21-14-13-17-7-5-4-6-8-17/h4-12,15H,3,13-14H2,1-2H3,(H,21,22)/t15-/m1/s1. The van der Waals surface area contributed by atoms with Crippen LogP contribution in [0.15, 0.2) is 54.6 Å². The summed E-state index contributed by atoms with van der Waals surface area (Å²) in [5.41, 5.74) is 2.76. The van der Waals surface area contributed by atoms with E-state index in [1.807, 2.05) is 42.5 Å². The summed E-state index contributed by atoms with van der Waals surface area (Å²) < 4.78 is 5.22. The Kier molecular flexibility index (Phi) is 6.55. The number of amides is 1. The summed E-state index contributed by atoms with van der Waals surface area (Å²) in [6, 6.07) is 17.1. The number of hydrogen-bond acceptors (Lipinski definition) is 3. The summed E-state index contributed by atoms with van der Waals surface area (Å²) in [5.74, 6) is -0.771. The van der Waals surface area contributed by atoms with E-state index in [4.69, 9.17) is 4.74 Å². The van der Waals surface area contributed by atoms with Crippen LogP contribution in [0.25, 0.3) is 0 Å². The third-order valence-electron chi connectivity index (χ3n) is 3.81. The Morgan fingerprint density at radius 1 is 1.00 bits per heavy atom. The Hall–Kier alpha value is -2.62. The zero-order chi connectivity index (χ0) is 17.4. The Balaban J connectivity index is 1.78. The lowest BCUT2D eigenvalue weighted by molar-refractivity contribution is -0.129. The van der Waals surface area contributed by atoms with Crippen molar-refractivity contribution >= 4 is 11.9 Å².